The molecule has 1 aromatic heterocycles. The number of fused-ring (bicyclic) bond motifs is 1. The van der Waals surface area contributed by atoms with E-state index in [1.165, 1.54) is 12.1 Å². The molecule has 0 bridgehead atoms. The summed E-state index contributed by atoms with van der Waals surface area (Å²) in [6.07, 6.45) is 1.28. The van der Waals surface area contributed by atoms with Gasteiger partial charge in [-0.15, -0.1) is 0 Å². The second-order valence-corrected chi connectivity index (χ2v) is 6.42. The van der Waals surface area contributed by atoms with Crippen LogP contribution >= 0.6 is 0 Å². The molecule has 5 heteroatoms. The summed E-state index contributed by atoms with van der Waals surface area (Å²) in [7, 11) is 0. The Labute approximate surface area is 140 Å². The van der Waals surface area contributed by atoms with Gasteiger partial charge >= 0.3 is 0 Å². The van der Waals surface area contributed by atoms with E-state index < -0.39 is 5.60 Å². The highest BCUT2D eigenvalue weighted by molar-refractivity contribution is 5.76. The molecule has 2 N–H and O–H groups in total. The first-order chi connectivity index (χ1) is 11.7. The summed E-state index contributed by atoms with van der Waals surface area (Å²) >= 11 is 0. The van der Waals surface area contributed by atoms with Crippen LogP contribution in [0.3, 0.4) is 0 Å². The summed E-state index contributed by atoms with van der Waals surface area (Å²) in [5.74, 6) is 0.459. The molecule has 2 aromatic carbocycles. The minimum Gasteiger partial charge on any atom is -0.382 e. The van der Waals surface area contributed by atoms with Gasteiger partial charge in [0, 0.05) is 6.54 Å². The first-order valence-corrected chi connectivity index (χ1v) is 8.29. The number of nitrogens with one attached hydrogen (secondary N) is 1. The number of aromatic nitrogens is 2. The predicted octanol–water partition coefficient (Wildman–Crippen LogP) is 2.79. The lowest BCUT2D eigenvalue weighted by Gasteiger charge is -2.32. The van der Waals surface area contributed by atoms with E-state index in [1.807, 2.05) is 24.3 Å². The van der Waals surface area contributed by atoms with Gasteiger partial charge in [0.15, 0.2) is 0 Å². The third-order valence-electron chi connectivity index (χ3n) is 4.76. The largest absolute Gasteiger partial charge is 0.382 e. The average Bonchev–Trinajstić information content (AvgIpc) is 2.97. The highest BCUT2D eigenvalue weighted by Gasteiger charge is 2.36. The Bertz CT molecular complexity index is 851. The first kappa shape index (κ1) is 15.3. The Morgan fingerprint density at radius 2 is 1.79 bits per heavy atom. The highest BCUT2D eigenvalue weighted by Crippen LogP contribution is 2.32. The van der Waals surface area contributed by atoms with E-state index in [4.69, 9.17) is 4.98 Å². The topological polar surface area (TPSA) is 50.1 Å². The smallest absolute Gasteiger partial charge is 0.142 e. The van der Waals surface area contributed by atoms with Crippen molar-refractivity contribution in [2.45, 2.75) is 25.0 Å². The lowest BCUT2D eigenvalue weighted by molar-refractivity contribution is -0.00487. The zero-order valence-electron chi connectivity index (χ0n) is 13.4. The maximum absolute atomic E-state index is 13.2. The van der Waals surface area contributed by atoms with Crippen molar-refractivity contribution < 1.29 is 9.50 Å². The number of para-hydroxylation sites is 2. The summed E-state index contributed by atoms with van der Waals surface area (Å²) in [5, 5.41) is 14.4. The fourth-order valence-corrected chi connectivity index (χ4v) is 3.43. The van der Waals surface area contributed by atoms with Crippen molar-refractivity contribution in [2.75, 3.05) is 13.1 Å². The Morgan fingerprint density at radius 1 is 1.08 bits per heavy atom. The fourth-order valence-electron chi connectivity index (χ4n) is 3.43. The van der Waals surface area contributed by atoms with Crippen molar-refractivity contribution in [2.24, 2.45) is 0 Å². The van der Waals surface area contributed by atoms with Crippen LogP contribution in [0.2, 0.25) is 0 Å². The van der Waals surface area contributed by atoms with Gasteiger partial charge in [0.05, 0.1) is 11.0 Å². The zero-order chi connectivity index (χ0) is 16.6. The highest BCUT2D eigenvalue weighted by atomic mass is 19.1. The molecular weight excluding hydrogens is 305 g/mol. The summed E-state index contributed by atoms with van der Waals surface area (Å²) in [6.45, 7) is 2.11. The second-order valence-electron chi connectivity index (χ2n) is 6.42. The summed E-state index contributed by atoms with van der Waals surface area (Å²) in [5.41, 5.74) is 1.92. The number of halogens is 1. The first-order valence-electron chi connectivity index (χ1n) is 8.29. The molecule has 4 nitrogen and oxygen atoms in total. The SMILES string of the molecule is OC1(c2nc3ccccc3n2Cc2ccc(F)cc2)CCNCC1. The van der Waals surface area contributed by atoms with E-state index in [0.29, 0.717) is 25.2 Å². The van der Waals surface area contributed by atoms with Crippen molar-refractivity contribution in [1.29, 1.82) is 0 Å². The monoisotopic (exact) mass is 325 g/mol. The molecule has 2 heterocycles. The molecule has 0 radical (unpaired) electrons. The molecule has 4 rings (SSSR count). The van der Waals surface area contributed by atoms with Crippen molar-refractivity contribution in [3.63, 3.8) is 0 Å². The normalized spacial score (nSPS) is 17.2. The van der Waals surface area contributed by atoms with E-state index >= 15 is 0 Å². The van der Waals surface area contributed by atoms with Crippen LogP contribution in [0.25, 0.3) is 11.0 Å². The molecule has 1 fully saturated rings. The molecule has 124 valence electrons. The van der Waals surface area contributed by atoms with Crippen molar-refractivity contribution in [3.8, 4) is 0 Å². The minimum absolute atomic E-state index is 0.244. The number of hydrogen-bond acceptors (Lipinski definition) is 3. The standard InChI is InChI=1S/C19H20FN3O/c20-15-7-5-14(6-8-15)13-23-17-4-2-1-3-16(17)22-18(23)19(24)9-11-21-12-10-19/h1-8,21,24H,9-13H2. The molecule has 0 aliphatic carbocycles. The molecule has 1 saturated heterocycles. The van der Waals surface area contributed by atoms with Crippen molar-refractivity contribution in [3.05, 3.63) is 65.7 Å². The fraction of sp³-hybridized carbons (Fsp3) is 0.316. The quantitative estimate of drug-likeness (QED) is 0.778. The maximum Gasteiger partial charge on any atom is 0.142 e. The summed E-state index contributed by atoms with van der Waals surface area (Å²) in [6, 6.07) is 14.4. The summed E-state index contributed by atoms with van der Waals surface area (Å²) in [4.78, 5) is 4.73. The third kappa shape index (κ3) is 2.70. The van der Waals surface area contributed by atoms with Crippen LogP contribution in [0.4, 0.5) is 4.39 Å². The van der Waals surface area contributed by atoms with Gasteiger partial charge < -0.3 is 15.0 Å². The van der Waals surface area contributed by atoms with Crippen LogP contribution in [0.15, 0.2) is 48.5 Å². The van der Waals surface area contributed by atoms with Gasteiger partial charge in [-0.2, -0.15) is 0 Å². The van der Waals surface area contributed by atoms with Gasteiger partial charge in [0.25, 0.3) is 0 Å². The van der Waals surface area contributed by atoms with Crippen LogP contribution in [0.1, 0.15) is 24.2 Å². The van der Waals surface area contributed by atoms with Gasteiger partial charge in [0.2, 0.25) is 0 Å². The molecule has 1 aliphatic heterocycles. The number of piperidine rings is 1. The van der Waals surface area contributed by atoms with E-state index in [9.17, 15) is 9.50 Å². The molecule has 3 aromatic rings. The lowest BCUT2D eigenvalue weighted by atomic mass is 9.91. The Kier molecular flexibility index (Phi) is 3.82. The summed E-state index contributed by atoms with van der Waals surface area (Å²) < 4.78 is 15.2. The number of aliphatic hydroxyl groups is 1. The van der Waals surface area contributed by atoms with Crippen LogP contribution in [-0.2, 0) is 12.1 Å². The average molecular weight is 325 g/mol. The molecular formula is C19H20FN3O. The molecule has 0 atom stereocenters. The number of rotatable bonds is 3. The van der Waals surface area contributed by atoms with Crippen LogP contribution in [-0.4, -0.2) is 27.7 Å². The molecule has 0 amide bonds. The van der Waals surface area contributed by atoms with E-state index in [0.717, 1.165) is 29.7 Å². The second kappa shape index (κ2) is 6.00. The number of nitrogens with zero attached hydrogens (tertiary/aromatic N) is 2. The maximum atomic E-state index is 13.2. The Balaban J connectivity index is 1.82. The number of hydrogen-bond donors (Lipinski definition) is 2. The molecule has 0 saturated carbocycles. The molecule has 1 aliphatic rings. The van der Waals surface area contributed by atoms with Gasteiger partial charge in [-0.05, 0) is 55.8 Å². The minimum atomic E-state index is -0.926. The van der Waals surface area contributed by atoms with E-state index in [2.05, 4.69) is 9.88 Å². The molecule has 24 heavy (non-hydrogen) atoms. The van der Waals surface area contributed by atoms with Crippen molar-refractivity contribution >= 4 is 11.0 Å². The molecule has 0 unspecified atom stereocenters. The van der Waals surface area contributed by atoms with E-state index in [1.54, 1.807) is 12.1 Å². The van der Waals surface area contributed by atoms with Gasteiger partial charge in [0.1, 0.15) is 17.2 Å². The van der Waals surface area contributed by atoms with Gasteiger partial charge in [-0.25, -0.2) is 9.37 Å². The number of benzene rings is 2. The lowest BCUT2D eigenvalue weighted by Crippen LogP contribution is -2.41. The Hall–Kier alpha value is -2.24. The van der Waals surface area contributed by atoms with Crippen LogP contribution < -0.4 is 5.32 Å². The van der Waals surface area contributed by atoms with Crippen molar-refractivity contribution in [1.82, 2.24) is 14.9 Å². The van der Waals surface area contributed by atoms with Gasteiger partial charge in [-0.3, -0.25) is 0 Å². The van der Waals surface area contributed by atoms with Crippen LogP contribution in [0, 0.1) is 5.82 Å². The molecule has 0 spiro atoms. The van der Waals surface area contributed by atoms with E-state index in [-0.39, 0.29) is 5.82 Å². The third-order valence-corrected chi connectivity index (χ3v) is 4.76. The predicted molar refractivity (Wildman–Crippen MR) is 91.2 cm³/mol. The van der Waals surface area contributed by atoms with Gasteiger partial charge in [-0.1, -0.05) is 24.3 Å². The Morgan fingerprint density at radius 3 is 2.54 bits per heavy atom. The number of imidazole rings is 1. The zero-order valence-corrected chi connectivity index (χ0v) is 13.4. The van der Waals surface area contributed by atoms with Crippen LogP contribution in [0.5, 0.6) is 0 Å².